The average molecular weight is 515 g/mol. The number of amides is 2. The van der Waals surface area contributed by atoms with Crippen LogP contribution >= 0.6 is 11.6 Å². The van der Waals surface area contributed by atoms with Gasteiger partial charge < -0.3 is 19.7 Å². The van der Waals surface area contributed by atoms with E-state index >= 15 is 0 Å². The van der Waals surface area contributed by atoms with Crippen molar-refractivity contribution in [3.8, 4) is 5.75 Å². The van der Waals surface area contributed by atoms with Crippen LogP contribution in [0.2, 0.25) is 5.02 Å². The molecule has 0 spiro atoms. The topological polar surface area (TPSA) is 67.9 Å². The molecule has 0 aliphatic carbocycles. The Morgan fingerprint density at radius 2 is 1.83 bits per heavy atom. The minimum absolute atomic E-state index is 0.00836. The number of hydrogen-bond acceptors (Lipinski definition) is 4. The summed E-state index contributed by atoms with van der Waals surface area (Å²) in [5, 5.41) is 2.72. The summed E-state index contributed by atoms with van der Waals surface area (Å²) in [7, 11) is 0. The number of ether oxygens (including phenoxy) is 2. The van der Waals surface area contributed by atoms with Gasteiger partial charge in [0.05, 0.1) is 23.2 Å². The van der Waals surface area contributed by atoms with Crippen molar-refractivity contribution in [1.29, 1.82) is 0 Å². The van der Waals surface area contributed by atoms with E-state index < -0.39 is 29.6 Å². The van der Waals surface area contributed by atoms with E-state index in [0.29, 0.717) is 25.9 Å². The maximum absolute atomic E-state index is 13.4. The molecule has 2 aromatic carbocycles. The molecule has 6 nitrogen and oxygen atoms in total. The largest absolute Gasteiger partial charge is 0.484 e. The Kier molecular flexibility index (Phi) is 7.51. The lowest BCUT2D eigenvalue weighted by atomic mass is 9.90. The maximum Gasteiger partial charge on any atom is 0.416 e. The Morgan fingerprint density at radius 3 is 2.43 bits per heavy atom. The molecule has 2 atom stereocenters. The first-order valence-corrected chi connectivity index (χ1v) is 11.4. The van der Waals surface area contributed by atoms with E-state index in [0.717, 1.165) is 23.8 Å². The van der Waals surface area contributed by atoms with Gasteiger partial charge in [-0.2, -0.15) is 13.2 Å². The third kappa shape index (κ3) is 6.24. The first kappa shape index (κ1) is 25.2. The van der Waals surface area contributed by atoms with E-state index in [1.54, 1.807) is 4.90 Å². The fourth-order valence-electron chi connectivity index (χ4n) is 4.06. The van der Waals surface area contributed by atoms with Gasteiger partial charge in [0.25, 0.3) is 11.8 Å². The predicted molar refractivity (Wildman–Crippen MR) is 119 cm³/mol. The van der Waals surface area contributed by atoms with Gasteiger partial charge in [0, 0.05) is 25.1 Å². The highest BCUT2D eigenvalue weighted by molar-refractivity contribution is 6.30. The van der Waals surface area contributed by atoms with E-state index in [1.165, 1.54) is 24.3 Å². The maximum atomic E-state index is 13.4. The van der Waals surface area contributed by atoms with Crippen LogP contribution in [0.3, 0.4) is 0 Å². The predicted octanol–water partition coefficient (Wildman–Crippen LogP) is 4.17. The second-order valence-electron chi connectivity index (χ2n) is 8.59. The number of hydrogen-bond donors (Lipinski definition) is 1. The normalized spacial score (nSPS) is 20.8. The van der Waals surface area contributed by atoms with Crippen LogP contribution < -0.4 is 10.1 Å². The van der Waals surface area contributed by atoms with Crippen LogP contribution in [0.4, 0.5) is 17.6 Å². The smallest absolute Gasteiger partial charge is 0.416 e. The van der Waals surface area contributed by atoms with Crippen molar-refractivity contribution in [3.63, 3.8) is 0 Å². The van der Waals surface area contributed by atoms with Gasteiger partial charge in [0.2, 0.25) is 0 Å². The van der Waals surface area contributed by atoms with Crippen molar-refractivity contribution >= 4 is 23.4 Å². The Morgan fingerprint density at radius 1 is 1.11 bits per heavy atom. The fourth-order valence-corrected chi connectivity index (χ4v) is 4.18. The van der Waals surface area contributed by atoms with E-state index in [4.69, 9.17) is 21.1 Å². The summed E-state index contributed by atoms with van der Waals surface area (Å²) in [6.45, 7) is 0.701. The van der Waals surface area contributed by atoms with Crippen molar-refractivity contribution in [3.05, 3.63) is 64.4 Å². The number of nitrogens with zero attached hydrogens (tertiary/aromatic N) is 1. The van der Waals surface area contributed by atoms with Gasteiger partial charge in [-0.05, 0) is 42.7 Å². The summed E-state index contributed by atoms with van der Waals surface area (Å²) in [5.74, 6) is -1.04. The molecule has 1 unspecified atom stereocenters. The lowest BCUT2D eigenvalue weighted by molar-refractivity contribution is -0.152. The lowest BCUT2D eigenvalue weighted by Gasteiger charge is -2.42. The zero-order valence-corrected chi connectivity index (χ0v) is 19.2. The van der Waals surface area contributed by atoms with Gasteiger partial charge in [-0.15, -0.1) is 0 Å². The SMILES string of the molecule is O=C(COc1ccc(Cl)c(F)c1)NC1CC[C@@H](C(=O)N2CC(c3ccc(C(F)(F)F)cc3)C2)OC1. The van der Waals surface area contributed by atoms with Crippen molar-refractivity contribution in [2.75, 3.05) is 26.3 Å². The number of rotatable bonds is 6. The molecular formula is C24H23ClF4N2O4. The highest BCUT2D eigenvalue weighted by Gasteiger charge is 2.38. The van der Waals surface area contributed by atoms with E-state index in [-0.39, 0.29) is 41.9 Å². The number of carbonyl (C=O) groups is 2. The molecule has 4 rings (SSSR count). The average Bonchev–Trinajstić information content (AvgIpc) is 2.79. The quantitative estimate of drug-likeness (QED) is 0.588. The molecule has 0 saturated carbocycles. The van der Waals surface area contributed by atoms with Crippen LogP contribution in [-0.4, -0.2) is 55.2 Å². The third-order valence-corrected chi connectivity index (χ3v) is 6.39. The minimum Gasteiger partial charge on any atom is -0.484 e. The van der Waals surface area contributed by atoms with Gasteiger partial charge in [-0.25, -0.2) is 4.39 Å². The summed E-state index contributed by atoms with van der Waals surface area (Å²) in [4.78, 5) is 26.4. The molecule has 0 bridgehead atoms. The molecule has 2 aliphatic heterocycles. The number of nitrogens with one attached hydrogen (secondary N) is 1. The van der Waals surface area contributed by atoms with Gasteiger partial charge in [0.15, 0.2) is 6.61 Å². The monoisotopic (exact) mass is 514 g/mol. The molecule has 1 N–H and O–H groups in total. The van der Waals surface area contributed by atoms with Gasteiger partial charge in [-0.3, -0.25) is 9.59 Å². The Bertz CT molecular complexity index is 1070. The zero-order valence-electron chi connectivity index (χ0n) is 18.5. The molecule has 2 heterocycles. The highest BCUT2D eigenvalue weighted by Crippen LogP contribution is 2.33. The molecule has 11 heteroatoms. The first-order chi connectivity index (χ1) is 16.6. The molecular weight excluding hydrogens is 492 g/mol. The van der Waals surface area contributed by atoms with Crippen LogP contribution in [-0.2, 0) is 20.5 Å². The second-order valence-corrected chi connectivity index (χ2v) is 9.00. The van der Waals surface area contributed by atoms with Crippen LogP contribution in [0.1, 0.15) is 29.9 Å². The molecule has 2 aromatic rings. The number of benzene rings is 2. The molecule has 0 radical (unpaired) electrons. The molecule has 2 aliphatic rings. The Labute approximate surface area is 204 Å². The first-order valence-electron chi connectivity index (χ1n) is 11.0. The van der Waals surface area contributed by atoms with Gasteiger partial charge in [-0.1, -0.05) is 23.7 Å². The number of halogens is 5. The van der Waals surface area contributed by atoms with Gasteiger partial charge >= 0.3 is 6.18 Å². The van der Waals surface area contributed by atoms with Crippen molar-refractivity contribution in [1.82, 2.24) is 10.2 Å². The van der Waals surface area contributed by atoms with Crippen LogP contribution in [0, 0.1) is 5.82 Å². The summed E-state index contributed by atoms with van der Waals surface area (Å²) in [6, 6.07) is 8.60. The lowest BCUT2D eigenvalue weighted by Crippen LogP contribution is -2.54. The minimum atomic E-state index is -4.38. The van der Waals surface area contributed by atoms with E-state index in [2.05, 4.69) is 5.32 Å². The summed E-state index contributed by atoms with van der Waals surface area (Å²) >= 11 is 5.61. The molecule has 2 fully saturated rings. The van der Waals surface area contributed by atoms with Crippen molar-refractivity contribution in [2.45, 2.75) is 37.1 Å². The van der Waals surface area contributed by atoms with Crippen LogP contribution in [0.25, 0.3) is 0 Å². The third-order valence-electron chi connectivity index (χ3n) is 6.08. The summed E-state index contributed by atoms with van der Waals surface area (Å²) in [5.41, 5.74) is 0.0640. The molecule has 0 aromatic heterocycles. The number of carbonyl (C=O) groups excluding carboxylic acids is 2. The summed E-state index contributed by atoms with van der Waals surface area (Å²) in [6.07, 6.45) is -4.04. The van der Waals surface area contributed by atoms with Crippen LogP contribution in [0.15, 0.2) is 42.5 Å². The number of alkyl halides is 3. The highest BCUT2D eigenvalue weighted by atomic mass is 35.5. The van der Waals surface area contributed by atoms with Crippen molar-refractivity contribution < 1.29 is 36.6 Å². The molecule has 35 heavy (non-hydrogen) atoms. The molecule has 2 amide bonds. The van der Waals surface area contributed by atoms with Crippen molar-refractivity contribution in [2.24, 2.45) is 0 Å². The molecule has 2 saturated heterocycles. The summed E-state index contributed by atoms with van der Waals surface area (Å²) < 4.78 is 62.5. The molecule has 188 valence electrons. The van der Waals surface area contributed by atoms with E-state index in [9.17, 15) is 27.2 Å². The van der Waals surface area contributed by atoms with E-state index in [1.807, 2.05) is 0 Å². The number of likely N-dealkylation sites (tertiary alicyclic amines) is 1. The van der Waals surface area contributed by atoms with Gasteiger partial charge in [0.1, 0.15) is 17.7 Å². The standard InChI is InChI=1S/C24H23ClF4N2O4/c25-19-7-6-18(9-20(19)26)34-13-22(32)30-17-5-8-21(35-12-17)23(33)31-10-15(11-31)14-1-3-16(4-2-14)24(27,28)29/h1-4,6-7,9,15,17,21H,5,8,10-13H2,(H,30,32)/t17?,21-/m0/s1. The zero-order chi connectivity index (χ0) is 25.2. The Hall–Kier alpha value is -2.85. The fraction of sp³-hybridized carbons (Fsp3) is 0.417. The second kappa shape index (κ2) is 10.4. The Balaban J connectivity index is 1.17. The van der Waals surface area contributed by atoms with Crippen LogP contribution in [0.5, 0.6) is 5.75 Å².